The largest absolute Gasteiger partial charge is 0.497 e. The normalized spacial score (nSPS) is 12.1. The molecule has 3 nitrogen and oxygen atoms in total. The van der Waals surface area contributed by atoms with E-state index < -0.39 is 5.82 Å². The first kappa shape index (κ1) is 17.3. The van der Waals surface area contributed by atoms with Crippen LogP contribution in [0.1, 0.15) is 35.8 Å². The zero-order chi connectivity index (χ0) is 17.0. The highest BCUT2D eigenvalue weighted by Crippen LogP contribution is 2.25. The fourth-order valence-electron chi connectivity index (χ4n) is 2.34. The maximum Gasteiger partial charge on any atom is 0.253 e. The lowest BCUT2D eigenvalue weighted by molar-refractivity contribution is 0.0925. The van der Waals surface area contributed by atoms with Crippen LogP contribution in [0.2, 0.25) is 5.02 Å². The number of benzene rings is 2. The third kappa shape index (κ3) is 4.23. The molecule has 2 aromatic carbocycles. The number of carbonyl (C=O) groups is 1. The monoisotopic (exact) mass is 335 g/mol. The molecule has 0 heterocycles. The molecule has 2 aromatic rings. The van der Waals surface area contributed by atoms with Gasteiger partial charge in [0.1, 0.15) is 11.6 Å². The Bertz CT molecular complexity index is 686. The number of hydrogen-bond donors (Lipinski definition) is 1. The maximum absolute atomic E-state index is 13.1. The van der Waals surface area contributed by atoms with Crippen LogP contribution in [-0.4, -0.2) is 13.0 Å². The molecular weight excluding hydrogens is 317 g/mol. The summed E-state index contributed by atoms with van der Waals surface area (Å²) >= 11 is 5.96. The van der Waals surface area contributed by atoms with Crippen LogP contribution in [0.15, 0.2) is 42.5 Å². The summed E-state index contributed by atoms with van der Waals surface area (Å²) in [4.78, 5) is 12.4. The van der Waals surface area contributed by atoms with Gasteiger partial charge in [-0.05, 0) is 41.8 Å². The molecule has 0 saturated heterocycles. The lowest BCUT2D eigenvalue weighted by Gasteiger charge is -2.23. The lowest BCUT2D eigenvalue weighted by Crippen LogP contribution is -2.32. The molecule has 0 spiro atoms. The Kier molecular flexibility index (Phi) is 5.61. The quantitative estimate of drug-likeness (QED) is 0.866. The van der Waals surface area contributed by atoms with Crippen molar-refractivity contribution in [3.05, 3.63) is 64.4 Å². The van der Waals surface area contributed by atoms with Gasteiger partial charge in [0.25, 0.3) is 5.91 Å². The van der Waals surface area contributed by atoms with Gasteiger partial charge in [-0.25, -0.2) is 4.39 Å². The molecule has 23 heavy (non-hydrogen) atoms. The van der Waals surface area contributed by atoms with Gasteiger partial charge in [-0.1, -0.05) is 37.6 Å². The first-order valence-electron chi connectivity index (χ1n) is 7.32. The molecule has 0 radical (unpaired) electrons. The maximum atomic E-state index is 13.1. The molecule has 1 N–H and O–H groups in total. The Balaban J connectivity index is 2.23. The second kappa shape index (κ2) is 7.47. The Morgan fingerprint density at radius 1 is 1.17 bits per heavy atom. The van der Waals surface area contributed by atoms with Gasteiger partial charge in [0.2, 0.25) is 0 Å². The van der Waals surface area contributed by atoms with E-state index in [0.717, 1.165) is 17.4 Å². The highest BCUT2D eigenvalue weighted by atomic mass is 35.5. The van der Waals surface area contributed by atoms with Gasteiger partial charge in [-0.3, -0.25) is 4.79 Å². The van der Waals surface area contributed by atoms with Crippen LogP contribution in [-0.2, 0) is 0 Å². The molecule has 0 aromatic heterocycles. The summed E-state index contributed by atoms with van der Waals surface area (Å²) in [7, 11) is 1.60. The first-order chi connectivity index (χ1) is 10.9. The average molecular weight is 336 g/mol. The van der Waals surface area contributed by atoms with Crippen molar-refractivity contribution in [2.75, 3.05) is 7.11 Å². The smallest absolute Gasteiger partial charge is 0.253 e. The molecule has 1 unspecified atom stereocenters. The van der Waals surface area contributed by atoms with Crippen molar-refractivity contribution >= 4 is 17.5 Å². The number of rotatable bonds is 5. The van der Waals surface area contributed by atoms with Gasteiger partial charge < -0.3 is 10.1 Å². The summed E-state index contributed by atoms with van der Waals surface area (Å²) in [5.74, 6) is 0.127. The van der Waals surface area contributed by atoms with E-state index in [9.17, 15) is 9.18 Å². The molecule has 5 heteroatoms. The van der Waals surface area contributed by atoms with Crippen LogP contribution in [0.5, 0.6) is 5.75 Å². The van der Waals surface area contributed by atoms with Crippen molar-refractivity contribution in [3.63, 3.8) is 0 Å². The van der Waals surface area contributed by atoms with Gasteiger partial charge in [-0.15, -0.1) is 0 Å². The molecule has 0 aliphatic carbocycles. The van der Waals surface area contributed by atoms with Crippen molar-refractivity contribution in [2.24, 2.45) is 5.92 Å². The van der Waals surface area contributed by atoms with Crippen LogP contribution >= 0.6 is 11.6 Å². The summed E-state index contributed by atoms with van der Waals surface area (Å²) < 4.78 is 18.3. The predicted octanol–water partition coefficient (Wildman–Crippen LogP) is 4.61. The molecule has 122 valence electrons. The molecule has 1 atom stereocenters. The number of amides is 1. The summed E-state index contributed by atoms with van der Waals surface area (Å²) in [5.41, 5.74) is 1.22. The van der Waals surface area contributed by atoms with Crippen molar-refractivity contribution in [1.29, 1.82) is 0 Å². The fourth-order valence-corrected chi connectivity index (χ4v) is 2.59. The number of ether oxygens (including phenoxy) is 1. The Morgan fingerprint density at radius 2 is 1.83 bits per heavy atom. The van der Waals surface area contributed by atoms with Crippen LogP contribution in [0.3, 0.4) is 0 Å². The zero-order valence-corrected chi connectivity index (χ0v) is 14.0. The molecule has 1 amide bonds. The van der Waals surface area contributed by atoms with Crippen LogP contribution < -0.4 is 10.1 Å². The van der Waals surface area contributed by atoms with E-state index in [1.54, 1.807) is 7.11 Å². The van der Waals surface area contributed by atoms with Crippen LogP contribution in [0, 0.1) is 11.7 Å². The minimum Gasteiger partial charge on any atom is -0.497 e. The molecular formula is C18H19ClFNO2. The molecule has 0 aliphatic heterocycles. The number of methoxy groups -OCH3 is 1. The predicted molar refractivity (Wildman–Crippen MR) is 89.4 cm³/mol. The average Bonchev–Trinajstić information content (AvgIpc) is 2.52. The van der Waals surface area contributed by atoms with Crippen LogP contribution in [0.25, 0.3) is 0 Å². The third-order valence-corrected chi connectivity index (χ3v) is 3.92. The summed E-state index contributed by atoms with van der Waals surface area (Å²) in [6, 6.07) is 11.1. The first-order valence-corrected chi connectivity index (χ1v) is 7.70. The summed E-state index contributed by atoms with van der Waals surface area (Å²) in [6.45, 7) is 4.03. The molecule has 0 fully saturated rings. The van der Waals surface area contributed by atoms with Gasteiger partial charge >= 0.3 is 0 Å². The second-order valence-corrected chi connectivity index (χ2v) is 6.00. The van der Waals surface area contributed by atoms with Gasteiger partial charge in [-0.2, -0.15) is 0 Å². The number of halogens is 2. The van der Waals surface area contributed by atoms with E-state index in [0.29, 0.717) is 0 Å². The van der Waals surface area contributed by atoms with E-state index in [1.807, 2.05) is 38.1 Å². The Morgan fingerprint density at radius 3 is 2.35 bits per heavy atom. The second-order valence-electron chi connectivity index (χ2n) is 5.59. The third-order valence-electron chi connectivity index (χ3n) is 3.60. The van der Waals surface area contributed by atoms with Crippen molar-refractivity contribution in [3.8, 4) is 5.75 Å². The standard InChI is InChI=1S/C18H19ClFNO2/c1-11(2)17(12-4-7-14(23-3)8-5-12)21-18(22)15-9-6-13(20)10-16(15)19/h4-11,17H,1-3H3,(H,21,22). The number of hydrogen-bond acceptors (Lipinski definition) is 2. The highest BCUT2D eigenvalue weighted by molar-refractivity contribution is 6.33. The summed E-state index contributed by atoms with van der Waals surface area (Å²) in [5, 5.41) is 3.06. The molecule has 2 rings (SSSR count). The Hall–Kier alpha value is -2.07. The summed E-state index contributed by atoms with van der Waals surface area (Å²) in [6.07, 6.45) is 0. The number of carbonyl (C=O) groups excluding carboxylic acids is 1. The lowest BCUT2D eigenvalue weighted by atomic mass is 9.95. The topological polar surface area (TPSA) is 38.3 Å². The van der Waals surface area contributed by atoms with Crippen molar-refractivity contribution < 1.29 is 13.9 Å². The van der Waals surface area contributed by atoms with E-state index in [1.165, 1.54) is 12.1 Å². The highest BCUT2D eigenvalue weighted by Gasteiger charge is 2.20. The molecule has 0 bridgehead atoms. The zero-order valence-electron chi connectivity index (χ0n) is 13.3. The SMILES string of the molecule is COc1ccc(C(NC(=O)c2ccc(F)cc2Cl)C(C)C)cc1. The van der Waals surface area contributed by atoms with Gasteiger partial charge in [0, 0.05) is 0 Å². The van der Waals surface area contributed by atoms with Gasteiger partial charge in [0.15, 0.2) is 0 Å². The molecule has 0 aliphatic rings. The van der Waals surface area contributed by atoms with E-state index in [-0.39, 0.29) is 28.5 Å². The van der Waals surface area contributed by atoms with E-state index >= 15 is 0 Å². The van der Waals surface area contributed by atoms with Crippen LogP contribution in [0.4, 0.5) is 4.39 Å². The Labute approximate surface area is 140 Å². The van der Waals surface area contributed by atoms with E-state index in [2.05, 4.69) is 5.32 Å². The van der Waals surface area contributed by atoms with Gasteiger partial charge in [0.05, 0.1) is 23.7 Å². The minimum atomic E-state index is -0.470. The fraction of sp³-hybridized carbons (Fsp3) is 0.278. The van der Waals surface area contributed by atoms with E-state index in [4.69, 9.17) is 16.3 Å². The van der Waals surface area contributed by atoms with Crippen molar-refractivity contribution in [1.82, 2.24) is 5.32 Å². The molecule has 0 saturated carbocycles. The minimum absolute atomic E-state index is 0.0970. The van der Waals surface area contributed by atoms with Crippen molar-refractivity contribution in [2.45, 2.75) is 19.9 Å². The number of nitrogens with one attached hydrogen (secondary N) is 1.